The summed E-state index contributed by atoms with van der Waals surface area (Å²) in [6.07, 6.45) is -0.0174. The van der Waals surface area contributed by atoms with Crippen molar-refractivity contribution in [2.24, 2.45) is 0 Å². The van der Waals surface area contributed by atoms with E-state index in [0.29, 0.717) is 5.82 Å². The van der Waals surface area contributed by atoms with Gasteiger partial charge in [0, 0.05) is 5.56 Å². The fraction of sp³-hybridized carbons (Fsp3) is 0.188. The molecule has 3 rings (SSSR count). The summed E-state index contributed by atoms with van der Waals surface area (Å²) in [5, 5.41) is 2.29. The van der Waals surface area contributed by atoms with Gasteiger partial charge >= 0.3 is 6.01 Å². The molecular weight excluding hydrogens is 264 g/mol. The predicted octanol–water partition coefficient (Wildman–Crippen LogP) is 3.06. The number of hydrogen-bond acceptors (Lipinski definition) is 5. The van der Waals surface area contributed by atoms with Gasteiger partial charge in [-0.15, -0.1) is 0 Å². The first-order chi connectivity index (χ1) is 10.1. The van der Waals surface area contributed by atoms with Gasteiger partial charge in [-0.2, -0.15) is 15.0 Å². The number of nitrogens with two attached hydrogens (primary N) is 1. The lowest BCUT2D eigenvalue weighted by Gasteiger charge is -2.09. The Morgan fingerprint density at radius 2 is 1.71 bits per heavy atom. The van der Waals surface area contributed by atoms with Crippen LogP contribution < -0.4 is 10.5 Å². The molecule has 0 radical (unpaired) electrons. The summed E-state index contributed by atoms with van der Waals surface area (Å²) >= 11 is 0. The minimum atomic E-state index is -0.0174. The lowest BCUT2D eigenvalue weighted by atomic mass is 10.1. The number of nitrogens with zero attached hydrogens (tertiary/aromatic N) is 3. The largest absolute Gasteiger partial charge is 0.461 e. The van der Waals surface area contributed by atoms with Crippen molar-refractivity contribution in [2.75, 3.05) is 5.73 Å². The molecule has 0 amide bonds. The number of fused-ring (bicyclic) bond motifs is 1. The molecule has 106 valence electrons. The highest BCUT2D eigenvalue weighted by atomic mass is 16.5. The van der Waals surface area contributed by atoms with Crippen LogP contribution in [0.5, 0.6) is 6.01 Å². The quantitative estimate of drug-likeness (QED) is 0.798. The molecule has 0 aliphatic carbocycles. The van der Waals surface area contributed by atoms with E-state index in [1.807, 2.05) is 44.2 Å². The van der Waals surface area contributed by atoms with Gasteiger partial charge in [0.1, 0.15) is 0 Å². The maximum atomic E-state index is 5.74. The summed E-state index contributed by atoms with van der Waals surface area (Å²) in [7, 11) is 0. The molecule has 1 aromatic heterocycles. The van der Waals surface area contributed by atoms with Gasteiger partial charge in [0.2, 0.25) is 5.95 Å². The second kappa shape index (κ2) is 5.36. The van der Waals surface area contributed by atoms with Gasteiger partial charge < -0.3 is 10.5 Å². The van der Waals surface area contributed by atoms with Crippen LogP contribution in [-0.2, 0) is 0 Å². The van der Waals surface area contributed by atoms with Crippen LogP contribution >= 0.6 is 0 Å². The highest BCUT2D eigenvalue weighted by molar-refractivity contribution is 5.86. The van der Waals surface area contributed by atoms with Crippen LogP contribution in [0.4, 0.5) is 5.95 Å². The van der Waals surface area contributed by atoms with Crippen LogP contribution in [0.1, 0.15) is 13.8 Å². The molecule has 0 unspecified atom stereocenters. The molecule has 5 heteroatoms. The fourth-order valence-corrected chi connectivity index (χ4v) is 2.09. The van der Waals surface area contributed by atoms with Crippen LogP contribution in [0.15, 0.2) is 42.5 Å². The lowest BCUT2D eigenvalue weighted by molar-refractivity contribution is 0.222. The molecule has 3 aromatic rings. The molecule has 0 saturated carbocycles. The Morgan fingerprint density at radius 1 is 0.952 bits per heavy atom. The Kier molecular flexibility index (Phi) is 3.39. The average molecular weight is 280 g/mol. The van der Waals surface area contributed by atoms with Crippen LogP contribution in [0.25, 0.3) is 22.2 Å². The maximum Gasteiger partial charge on any atom is 0.322 e. The molecule has 1 heterocycles. The lowest BCUT2D eigenvalue weighted by Crippen LogP contribution is -2.11. The van der Waals surface area contributed by atoms with Crippen LogP contribution in [0, 0.1) is 0 Å². The Bertz CT molecular complexity index is 786. The van der Waals surface area contributed by atoms with E-state index in [1.54, 1.807) is 0 Å². The van der Waals surface area contributed by atoms with E-state index in [-0.39, 0.29) is 18.1 Å². The zero-order valence-electron chi connectivity index (χ0n) is 11.9. The van der Waals surface area contributed by atoms with Crippen molar-refractivity contribution >= 4 is 16.7 Å². The molecule has 0 saturated heterocycles. The zero-order valence-corrected chi connectivity index (χ0v) is 11.9. The number of anilines is 1. The first kappa shape index (κ1) is 13.3. The van der Waals surface area contributed by atoms with Gasteiger partial charge in [-0.05, 0) is 30.7 Å². The van der Waals surface area contributed by atoms with E-state index >= 15 is 0 Å². The second-order valence-corrected chi connectivity index (χ2v) is 5.03. The minimum absolute atomic E-state index is 0.0174. The molecule has 21 heavy (non-hydrogen) atoms. The van der Waals surface area contributed by atoms with E-state index in [1.165, 1.54) is 5.39 Å². The number of ether oxygens (including phenoxy) is 1. The van der Waals surface area contributed by atoms with Crippen molar-refractivity contribution in [3.8, 4) is 17.4 Å². The van der Waals surface area contributed by atoms with E-state index in [0.717, 1.165) is 10.9 Å². The predicted molar refractivity (Wildman–Crippen MR) is 82.9 cm³/mol. The summed E-state index contributed by atoms with van der Waals surface area (Å²) in [5.41, 5.74) is 6.63. The standard InChI is InChI=1S/C16H16N4O/c1-10(2)21-16-19-14(18-15(17)20-16)13-8-7-11-5-3-4-6-12(11)9-13/h3-10H,1-2H3,(H2,17,18,19,20). The first-order valence-electron chi connectivity index (χ1n) is 6.79. The van der Waals surface area contributed by atoms with Crippen molar-refractivity contribution in [2.45, 2.75) is 20.0 Å². The van der Waals surface area contributed by atoms with Crippen molar-refractivity contribution in [1.29, 1.82) is 0 Å². The maximum absolute atomic E-state index is 5.74. The van der Waals surface area contributed by atoms with Gasteiger partial charge in [0.25, 0.3) is 0 Å². The number of hydrogen-bond donors (Lipinski definition) is 1. The molecule has 2 N–H and O–H groups in total. The number of nitrogen functional groups attached to an aromatic ring is 1. The Morgan fingerprint density at radius 3 is 2.48 bits per heavy atom. The summed E-state index contributed by atoms with van der Waals surface area (Å²) in [6, 6.07) is 14.4. The van der Waals surface area contributed by atoms with E-state index in [9.17, 15) is 0 Å². The zero-order chi connectivity index (χ0) is 14.8. The Balaban J connectivity index is 2.06. The fourth-order valence-electron chi connectivity index (χ4n) is 2.09. The van der Waals surface area contributed by atoms with Crippen molar-refractivity contribution in [1.82, 2.24) is 15.0 Å². The molecule has 0 bridgehead atoms. The Labute approximate surface area is 122 Å². The highest BCUT2D eigenvalue weighted by Crippen LogP contribution is 2.23. The van der Waals surface area contributed by atoms with Crippen molar-refractivity contribution < 1.29 is 4.74 Å². The topological polar surface area (TPSA) is 73.9 Å². The van der Waals surface area contributed by atoms with Gasteiger partial charge in [-0.3, -0.25) is 0 Å². The molecule has 0 spiro atoms. The third-order valence-corrected chi connectivity index (χ3v) is 2.98. The van der Waals surface area contributed by atoms with Gasteiger partial charge in [0.15, 0.2) is 5.82 Å². The van der Waals surface area contributed by atoms with Crippen LogP contribution in [0.3, 0.4) is 0 Å². The minimum Gasteiger partial charge on any atom is -0.461 e. The normalized spacial score (nSPS) is 11.0. The molecule has 2 aromatic carbocycles. The summed E-state index contributed by atoms with van der Waals surface area (Å²) in [6.45, 7) is 3.82. The van der Waals surface area contributed by atoms with Crippen LogP contribution in [-0.4, -0.2) is 21.1 Å². The average Bonchev–Trinajstić information content (AvgIpc) is 2.45. The number of benzene rings is 2. The third kappa shape index (κ3) is 2.91. The Hall–Kier alpha value is -2.69. The summed E-state index contributed by atoms with van der Waals surface area (Å²) in [5.74, 6) is 0.674. The third-order valence-electron chi connectivity index (χ3n) is 2.98. The number of rotatable bonds is 3. The summed E-state index contributed by atoms with van der Waals surface area (Å²) in [4.78, 5) is 12.5. The van der Waals surface area contributed by atoms with Gasteiger partial charge in [-0.1, -0.05) is 36.4 Å². The molecule has 0 aliphatic rings. The van der Waals surface area contributed by atoms with Gasteiger partial charge in [-0.25, -0.2) is 0 Å². The molecule has 0 aliphatic heterocycles. The van der Waals surface area contributed by atoms with Crippen LogP contribution in [0.2, 0.25) is 0 Å². The molecule has 0 fully saturated rings. The first-order valence-corrected chi connectivity index (χ1v) is 6.79. The van der Waals surface area contributed by atoms with Crippen molar-refractivity contribution in [3.05, 3.63) is 42.5 Å². The SMILES string of the molecule is CC(C)Oc1nc(N)nc(-c2ccc3ccccc3c2)n1. The second-order valence-electron chi connectivity index (χ2n) is 5.03. The molecular formula is C16H16N4O. The molecule has 5 nitrogen and oxygen atoms in total. The summed E-state index contributed by atoms with van der Waals surface area (Å²) < 4.78 is 5.50. The highest BCUT2D eigenvalue weighted by Gasteiger charge is 2.09. The molecule has 0 atom stereocenters. The van der Waals surface area contributed by atoms with Crippen molar-refractivity contribution in [3.63, 3.8) is 0 Å². The smallest absolute Gasteiger partial charge is 0.322 e. The van der Waals surface area contributed by atoms with E-state index in [2.05, 4.69) is 27.1 Å². The van der Waals surface area contributed by atoms with Gasteiger partial charge in [0.05, 0.1) is 6.10 Å². The van der Waals surface area contributed by atoms with E-state index < -0.39 is 0 Å². The monoisotopic (exact) mass is 280 g/mol. The van der Waals surface area contributed by atoms with E-state index in [4.69, 9.17) is 10.5 Å². The number of aromatic nitrogens is 3.